The van der Waals surface area contributed by atoms with E-state index < -0.39 is 0 Å². The molecule has 1 fully saturated rings. The summed E-state index contributed by atoms with van der Waals surface area (Å²) in [4.78, 5) is 2.40. The molecule has 0 aromatic carbocycles. The van der Waals surface area contributed by atoms with Gasteiger partial charge in [-0.2, -0.15) is 0 Å². The Hall–Kier alpha value is -2.12. The highest BCUT2D eigenvalue weighted by Crippen LogP contribution is 2.37. The Morgan fingerprint density at radius 1 is 0.875 bits per heavy atom. The zero-order chi connectivity index (χ0) is 17.5. The Balaban J connectivity index is 2.77. The molecule has 0 radical (unpaired) electrons. The predicted molar refractivity (Wildman–Crippen MR) is 107 cm³/mol. The van der Waals surface area contributed by atoms with Crippen LogP contribution in [0.3, 0.4) is 0 Å². The van der Waals surface area contributed by atoms with Crippen molar-refractivity contribution < 1.29 is 0 Å². The first kappa shape index (κ1) is 18.2. The van der Waals surface area contributed by atoms with Gasteiger partial charge in [0.05, 0.1) is 0 Å². The van der Waals surface area contributed by atoms with Crippen molar-refractivity contribution in [3.8, 4) is 0 Å². The lowest BCUT2D eigenvalue weighted by Crippen LogP contribution is -2.27. The van der Waals surface area contributed by atoms with Crippen LogP contribution in [-0.2, 0) is 0 Å². The summed E-state index contributed by atoms with van der Waals surface area (Å²) in [5.41, 5.74) is 7.76. The molecule has 1 nitrogen and oxygen atoms in total. The number of rotatable bonds is 4. The molecule has 0 atom stereocenters. The number of hydrogen-bond donors (Lipinski definition) is 0. The molecule has 0 N–H and O–H groups in total. The molecule has 0 bridgehead atoms. The van der Waals surface area contributed by atoms with Crippen LogP contribution in [0.25, 0.3) is 0 Å². The quantitative estimate of drug-likeness (QED) is 0.643. The lowest BCUT2D eigenvalue weighted by molar-refractivity contribution is 0.311. The van der Waals surface area contributed by atoms with Crippen LogP contribution >= 0.6 is 0 Å². The Bertz CT molecular complexity index is 680. The maximum absolute atomic E-state index is 4.12. The van der Waals surface area contributed by atoms with E-state index in [-0.39, 0.29) is 0 Å². The minimum atomic E-state index is 1.11. The third-order valence-corrected chi connectivity index (χ3v) is 4.65. The SMILES string of the molecule is C=CC1=C(/C=C\C)C(=C2CCN(C)CC2)C(C=C)=C(/C=C\C)C=C1. The van der Waals surface area contributed by atoms with Gasteiger partial charge in [-0.15, -0.1) is 0 Å². The fourth-order valence-corrected chi connectivity index (χ4v) is 3.38. The minimum absolute atomic E-state index is 1.11. The summed E-state index contributed by atoms with van der Waals surface area (Å²) < 4.78 is 0. The molecular formula is C23H29N. The Kier molecular flexibility index (Phi) is 6.57. The molecule has 0 amide bonds. The molecule has 2 rings (SSSR count). The molecule has 1 aliphatic heterocycles. The molecule has 24 heavy (non-hydrogen) atoms. The Morgan fingerprint density at radius 3 is 2.04 bits per heavy atom. The molecule has 1 saturated heterocycles. The van der Waals surface area contributed by atoms with Gasteiger partial charge >= 0.3 is 0 Å². The van der Waals surface area contributed by atoms with E-state index in [0.29, 0.717) is 0 Å². The van der Waals surface area contributed by atoms with Gasteiger partial charge in [0.25, 0.3) is 0 Å². The molecule has 1 aliphatic carbocycles. The van der Waals surface area contributed by atoms with E-state index in [1.807, 2.05) is 12.2 Å². The van der Waals surface area contributed by atoms with Crippen molar-refractivity contribution in [3.63, 3.8) is 0 Å². The third kappa shape index (κ3) is 3.85. The lowest BCUT2D eigenvalue weighted by Gasteiger charge is -2.28. The Morgan fingerprint density at radius 2 is 1.50 bits per heavy atom. The van der Waals surface area contributed by atoms with Gasteiger partial charge in [0.1, 0.15) is 0 Å². The second-order valence-electron chi connectivity index (χ2n) is 6.26. The number of allylic oxidation sites excluding steroid dienone is 13. The molecule has 1 heteroatoms. The number of piperidine rings is 1. The van der Waals surface area contributed by atoms with Gasteiger partial charge in [-0.3, -0.25) is 0 Å². The summed E-state index contributed by atoms with van der Waals surface area (Å²) >= 11 is 0. The third-order valence-electron chi connectivity index (χ3n) is 4.65. The van der Waals surface area contributed by atoms with E-state index in [1.54, 1.807) is 0 Å². The minimum Gasteiger partial charge on any atom is -0.306 e. The van der Waals surface area contributed by atoms with Crippen molar-refractivity contribution in [2.45, 2.75) is 26.7 Å². The van der Waals surface area contributed by atoms with Gasteiger partial charge in [-0.25, -0.2) is 0 Å². The molecule has 0 unspecified atom stereocenters. The van der Waals surface area contributed by atoms with Crippen LogP contribution in [0.1, 0.15) is 26.7 Å². The maximum atomic E-state index is 4.12. The Labute approximate surface area is 147 Å². The number of likely N-dealkylation sites (tertiary alicyclic amines) is 1. The van der Waals surface area contributed by atoms with Gasteiger partial charge in [0.15, 0.2) is 0 Å². The molecule has 2 aliphatic rings. The zero-order valence-electron chi connectivity index (χ0n) is 15.3. The van der Waals surface area contributed by atoms with Gasteiger partial charge < -0.3 is 4.90 Å². The second kappa shape index (κ2) is 8.65. The highest BCUT2D eigenvalue weighted by atomic mass is 15.1. The molecular weight excluding hydrogens is 290 g/mol. The summed E-state index contributed by atoms with van der Waals surface area (Å²) in [6.45, 7) is 14.5. The molecule has 0 spiro atoms. The van der Waals surface area contributed by atoms with E-state index in [4.69, 9.17) is 0 Å². The number of hydrogen-bond acceptors (Lipinski definition) is 1. The fraction of sp³-hybridized carbons (Fsp3) is 0.304. The van der Waals surface area contributed by atoms with Gasteiger partial charge in [-0.05, 0) is 61.6 Å². The van der Waals surface area contributed by atoms with E-state index in [0.717, 1.165) is 25.9 Å². The van der Waals surface area contributed by atoms with Crippen molar-refractivity contribution in [1.29, 1.82) is 0 Å². The van der Waals surface area contributed by atoms with Crippen LogP contribution in [0.15, 0.2) is 95.2 Å². The van der Waals surface area contributed by atoms with Crippen LogP contribution in [0.5, 0.6) is 0 Å². The van der Waals surface area contributed by atoms with Gasteiger partial charge in [0, 0.05) is 13.1 Å². The van der Waals surface area contributed by atoms with Crippen LogP contribution in [0.2, 0.25) is 0 Å². The standard InChI is InChI=1S/C23H29N/c1-6-10-19-13-12-18(8-3)22(11-7-2)23(21(19)9-4)20-14-16-24(5)17-15-20/h6-13H,3-4,14-17H2,1-2,5H3/b10-6-,11-7-. The van der Waals surface area contributed by atoms with Crippen molar-refractivity contribution in [2.75, 3.05) is 20.1 Å². The summed E-state index contributed by atoms with van der Waals surface area (Å²) in [5, 5.41) is 0. The van der Waals surface area contributed by atoms with E-state index in [2.05, 4.69) is 75.4 Å². The summed E-state index contributed by atoms with van der Waals surface area (Å²) in [5.74, 6) is 0. The molecule has 126 valence electrons. The smallest absolute Gasteiger partial charge is 0.00160 e. The lowest BCUT2D eigenvalue weighted by atomic mass is 9.85. The largest absolute Gasteiger partial charge is 0.306 e. The summed E-state index contributed by atoms with van der Waals surface area (Å²) in [6.07, 6.45) is 19.1. The van der Waals surface area contributed by atoms with Crippen LogP contribution in [0.4, 0.5) is 0 Å². The molecule has 0 aromatic heterocycles. The topological polar surface area (TPSA) is 3.24 Å². The highest BCUT2D eigenvalue weighted by Gasteiger charge is 2.21. The van der Waals surface area contributed by atoms with Crippen molar-refractivity contribution >= 4 is 0 Å². The monoisotopic (exact) mass is 319 g/mol. The number of nitrogens with zero attached hydrogens (tertiary/aromatic N) is 1. The first-order valence-electron chi connectivity index (χ1n) is 8.74. The van der Waals surface area contributed by atoms with E-state index >= 15 is 0 Å². The zero-order valence-corrected chi connectivity index (χ0v) is 15.3. The predicted octanol–water partition coefficient (Wildman–Crippen LogP) is 5.70. The second-order valence-corrected chi connectivity index (χ2v) is 6.26. The summed E-state index contributed by atoms with van der Waals surface area (Å²) in [6, 6.07) is 0. The normalized spacial score (nSPS) is 20.5. The van der Waals surface area contributed by atoms with Crippen LogP contribution < -0.4 is 0 Å². The molecule has 1 heterocycles. The van der Waals surface area contributed by atoms with Crippen molar-refractivity contribution in [2.24, 2.45) is 0 Å². The molecule has 0 saturated carbocycles. The average Bonchev–Trinajstić information content (AvgIpc) is 2.73. The van der Waals surface area contributed by atoms with Crippen LogP contribution in [0, 0.1) is 0 Å². The van der Waals surface area contributed by atoms with Crippen molar-refractivity contribution in [3.05, 3.63) is 95.2 Å². The van der Waals surface area contributed by atoms with E-state index in [9.17, 15) is 0 Å². The van der Waals surface area contributed by atoms with Crippen molar-refractivity contribution in [1.82, 2.24) is 4.90 Å². The van der Waals surface area contributed by atoms with Crippen LogP contribution in [-0.4, -0.2) is 25.0 Å². The van der Waals surface area contributed by atoms with E-state index in [1.165, 1.54) is 33.4 Å². The first-order valence-corrected chi connectivity index (χ1v) is 8.74. The van der Waals surface area contributed by atoms with Gasteiger partial charge in [0.2, 0.25) is 0 Å². The fourth-order valence-electron chi connectivity index (χ4n) is 3.38. The maximum Gasteiger partial charge on any atom is 0.00160 e. The summed E-state index contributed by atoms with van der Waals surface area (Å²) in [7, 11) is 2.20. The highest BCUT2D eigenvalue weighted by molar-refractivity contribution is 5.68. The average molecular weight is 319 g/mol. The first-order chi connectivity index (χ1) is 11.7. The molecule has 0 aromatic rings. The van der Waals surface area contributed by atoms with Gasteiger partial charge in [-0.1, -0.05) is 67.3 Å².